The smallest absolute Gasteiger partial charge is 0.281 e. The summed E-state index contributed by atoms with van der Waals surface area (Å²) in [6.07, 6.45) is 0.998. The Labute approximate surface area is 123 Å². The van der Waals surface area contributed by atoms with Crippen LogP contribution in [0.1, 0.15) is 37.3 Å². The molecule has 0 amide bonds. The molecule has 2 aromatic rings. The minimum Gasteiger partial charge on any atom is -0.503 e. The molecular weight excluding hydrogens is 276 g/mol. The lowest BCUT2D eigenvalue weighted by Crippen LogP contribution is -2.00. The van der Waals surface area contributed by atoms with Gasteiger partial charge in [-0.1, -0.05) is 43.6 Å². The van der Waals surface area contributed by atoms with E-state index in [1.807, 2.05) is 25.1 Å². The summed E-state index contributed by atoms with van der Waals surface area (Å²) in [6.45, 7) is 6.22. The van der Waals surface area contributed by atoms with Crippen LogP contribution >= 0.6 is 11.6 Å². The lowest BCUT2D eigenvalue weighted by molar-refractivity contribution is 0.386. The SMILES string of the molecule is CCC(C)c1cccc(C)c1Oc1nnc(Cl)cc1O. The molecular formula is C15H17ClN2O2. The molecule has 0 bridgehead atoms. The second kappa shape index (κ2) is 6.09. The van der Waals surface area contributed by atoms with E-state index in [1.54, 1.807) is 0 Å². The Bertz CT molecular complexity index is 617. The zero-order valence-corrected chi connectivity index (χ0v) is 12.5. The van der Waals surface area contributed by atoms with Crippen molar-refractivity contribution in [3.05, 3.63) is 40.5 Å². The maximum atomic E-state index is 9.82. The third-order valence-corrected chi connectivity index (χ3v) is 3.48. The Morgan fingerprint density at radius 2 is 2.10 bits per heavy atom. The third kappa shape index (κ3) is 3.02. The second-order valence-corrected chi connectivity index (χ2v) is 5.15. The van der Waals surface area contributed by atoms with Gasteiger partial charge in [-0.05, 0) is 30.4 Å². The van der Waals surface area contributed by atoms with Crippen molar-refractivity contribution < 1.29 is 9.84 Å². The van der Waals surface area contributed by atoms with E-state index >= 15 is 0 Å². The monoisotopic (exact) mass is 292 g/mol. The minimum absolute atomic E-state index is 0.0632. The van der Waals surface area contributed by atoms with Crippen LogP contribution in [-0.4, -0.2) is 15.3 Å². The van der Waals surface area contributed by atoms with Crippen LogP contribution in [-0.2, 0) is 0 Å². The normalized spacial score (nSPS) is 12.2. The number of hydrogen-bond donors (Lipinski definition) is 1. The number of aromatic nitrogens is 2. The lowest BCUT2D eigenvalue weighted by atomic mass is 9.96. The van der Waals surface area contributed by atoms with Crippen molar-refractivity contribution in [3.8, 4) is 17.4 Å². The van der Waals surface area contributed by atoms with Crippen LogP contribution in [0.5, 0.6) is 17.4 Å². The van der Waals surface area contributed by atoms with Gasteiger partial charge in [0.05, 0.1) is 0 Å². The average Bonchev–Trinajstić information content (AvgIpc) is 2.42. The molecule has 1 heterocycles. The van der Waals surface area contributed by atoms with Gasteiger partial charge in [-0.15, -0.1) is 10.2 Å². The average molecular weight is 293 g/mol. The van der Waals surface area contributed by atoms with E-state index in [2.05, 4.69) is 24.0 Å². The first-order valence-corrected chi connectivity index (χ1v) is 6.90. The standard InChI is InChI=1S/C15H17ClN2O2/c1-4-9(2)11-7-5-6-10(3)14(11)20-15-12(19)8-13(16)17-18-15/h5-9H,4H2,1-3H3,(H,17,19). The lowest BCUT2D eigenvalue weighted by Gasteiger charge is -2.17. The molecule has 2 rings (SSSR count). The Morgan fingerprint density at radius 3 is 2.75 bits per heavy atom. The van der Waals surface area contributed by atoms with Gasteiger partial charge in [-0.2, -0.15) is 0 Å². The summed E-state index contributed by atoms with van der Waals surface area (Å²) in [4.78, 5) is 0. The van der Waals surface area contributed by atoms with Gasteiger partial charge in [0.1, 0.15) is 5.75 Å². The van der Waals surface area contributed by atoms with Crippen molar-refractivity contribution in [2.45, 2.75) is 33.1 Å². The van der Waals surface area contributed by atoms with Crippen molar-refractivity contribution in [1.29, 1.82) is 0 Å². The van der Waals surface area contributed by atoms with E-state index in [-0.39, 0.29) is 16.8 Å². The summed E-state index contributed by atoms with van der Waals surface area (Å²) in [5.74, 6) is 1.01. The number of rotatable bonds is 4. The highest BCUT2D eigenvalue weighted by Gasteiger charge is 2.16. The van der Waals surface area contributed by atoms with Gasteiger partial charge in [-0.3, -0.25) is 0 Å². The zero-order chi connectivity index (χ0) is 14.7. The molecule has 1 N–H and O–H groups in total. The Morgan fingerprint density at radius 1 is 1.35 bits per heavy atom. The number of hydrogen-bond acceptors (Lipinski definition) is 4. The number of aryl methyl sites for hydroxylation is 1. The Balaban J connectivity index is 2.42. The highest BCUT2D eigenvalue weighted by molar-refractivity contribution is 6.29. The van der Waals surface area contributed by atoms with Gasteiger partial charge in [-0.25, -0.2) is 0 Å². The third-order valence-electron chi connectivity index (χ3n) is 3.30. The number of aromatic hydroxyl groups is 1. The molecule has 5 heteroatoms. The fourth-order valence-electron chi connectivity index (χ4n) is 1.94. The van der Waals surface area contributed by atoms with E-state index in [0.717, 1.165) is 17.5 Å². The molecule has 0 saturated heterocycles. The summed E-state index contributed by atoms with van der Waals surface area (Å²) < 4.78 is 5.77. The first kappa shape index (κ1) is 14.6. The minimum atomic E-state index is -0.122. The molecule has 0 aliphatic rings. The predicted octanol–water partition coefficient (Wildman–Crippen LogP) is 4.45. The number of benzene rings is 1. The van der Waals surface area contributed by atoms with Crippen molar-refractivity contribution in [1.82, 2.24) is 10.2 Å². The fraction of sp³-hybridized carbons (Fsp3) is 0.333. The molecule has 1 atom stereocenters. The molecule has 0 aliphatic carbocycles. The quantitative estimate of drug-likeness (QED) is 0.904. The first-order chi connectivity index (χ1) is 9.52. The van der Waals surface area contributed by atoms with Crippen LogP contribution in [0, 0.1) is 6.92 Å². The summed E-state index contributed by atoms with van der Waals surface area (Å²) in [7, 11) is 0. The summed E-state index contributed by atoms with van der Waals surface area (Å²) in [5, 5.41) is 17.4. The number of ether oxygens (including phenoxy) is 1. The van der Waals surface area contributed by atoms with Crippen LogP contribution < -0.4 is 4.74 Å². The number of halogens is 1. The molecule has 0 aliphatic heterocycles. The van der Waals surface area contributed by atoms with Crippen LogP contribution in [0.25, 0.3) is 0 Å². The summed E-state index contributed by atoms with van der Waals surface area (Å²) >= 11 is 5.67. The van der Waals surface area contributed by atoms with Crippen molar-refractivity contribution in [3.63, 3.8) is 0 Å². The van der Waals surface area contributed by atoms with Crippen molar-refractivity contribution in [2.75, 3.05) is 0 Å². The van der Waals surface area contributed by atoms with Gasteiger partial charge in [0.25, 0.3) is 5.88 Å². The van der Waals surface area contributed by atoms with Gasteiger partial charge < -0.3 is 9.84 Å². The van der Waals surface area contributed by atoms with E-state index in [9.17, 15) is 5.11 Å². The molecule has 0 fully saturated rings. The molecule has 0 radical (unpaired) electrons. The molecule has 106 valence electrons. The maximum absolute atomic E-state index is 9.82. The van der Waals surface area contributed by atoms with E-state index in [4.69, 9.17) is 16.3 Å². The van der Waals surface area contributed by atoms with Gasteiger partial charge in [0.15, 0.2) is 10.9 Å². The van der Waals surface area contributed by atoms with Crippen molar-refractivity contribution in [2.24, 2.45) is 0 Å². The van der Waals surface area contributed by atoms with E-state index in [0.29, 0.717) is 11.7 Å². The maximum Gasteiger partial charge on any atom is 0.281 e. The predicted molar refractivity (Wildman–Crippen MR) is 78.7 cm³/mol. The topological polar surface area (TPSA) is 55.2 Å². The molecule has 0 saturated carbocycles. The van der Waals surface area contributed by atoms with Crippen LogP contribution in [0.2, 0.25) is 5.15 Å². The highest BCUT2D eigenvalue weighted by Crippen LogP contribution is 2.37. The second-order valence-electron chi connectivity index (χ2n) is 4.76. The van der Waals surface area contributed by atoms with Gasteiger partial charge in [0.2, 0.25) is 0 Å². The summed E-state index contributed by atoms with van der Waals surface area (Å²) in [6, 6.07) is 7.29. The largest absolute Gasteiger partial charge is 0.503 e. The van der Waals surface area contributed by atoms with Crippen LogP contribution in [0.15, 0.2) is 24.3 Å². The van der Waals surface area contributed by atoms with E-state index < -0.39 is 0 Å². The van der Waals surface area contributed by atoms with E-state index in [1.165, 1.54) is 6.07 Å². The summed E-state index contributed by atoms with van der Waals surface area (Å²) in [5.41, 5.74) is 2.07. The first-order valence-electron chi connectivity index (χ1n) is 6.52. The van der Waals surface area contributed by atoms with Crippen molar-refractivity contribution >= 4 is 11.6 Å². The molecule has 1 aromatic heterocycles. The number of para-hydroxylation sites is 1. The van der Waals surface area contributed by atoms with Gasteiger partial charge in [0, 0.05) is 6.07 Å². The van der Waals surface area contributed by atoms with Crippen LogP contribution in [0.3, 0.4) is 0 Å². The Hall–Kier alpha value is -1.81. The molecule has 20 heavy (non-hydrogen) atoms. The highest BCUT2D eigenvalue weighted by atomic mass is 35.5. The zero-order valence-electron chi connectivity index (χ0n) is 11.7. The Kier molecular flexibility index (Phi) is 4.45. The molecule has 1 unspecified atom stereocenters. The van der Waals surface area contributed by atoms with Crippen LogP contribution in [0.4, 0.5) is 0 Å². The van der Waals surface area contributed by atoms with Gasteiger partial charge >= 0.3 is 0 Å². The number of nitrogens with zero attached hydrogens (tertiary/aromatic N) is 2. The fourth-order valence-corrected chi connectivity index (χ4v) is 2.08. The molecule has 4 nitrogen and oxygen atoms in total. The molecule has 1 aromatic carbocycles. The molecule has 0 spiro atoms.